The van der Waals surface area contributed by atoms with Gasteiger partial charge in [-0.15, -0.1) is 0 Å². The molecule has 16 heteroatoms. The van der Waals surface area contributed by atoms with Crippen LogP contribution >= 0.6 is 11.3 Å². The van der Waals surface area contributed by atoms with E-state index in [0.29, 0.717) is 23.2 Å². The minimum atomic E-state index is -4.25. The lowest BCUT2D eigenvalue weighted by molar-refractivity contribution is -0.142. The molecule has 1 amide bonds. The number of carbonyl (C=O) groups is 2. The predicted molar refractivity (Wildman–Crippen MR) is 186 cm³/mol. The molecule has 0 spiro atoms. The third-order valence-corrected chi connectivity index (χ3v) is 10.1. The van der Waals surface area contributed by atoms with E-state index in [-0.39, 0.29) is 22.4 Å². The second kappa shape index (κ2) is 14.1. The molecule has 0 saturated carbocycles. The van der Waals surface area contributed by atoms with E-state index in [1.807, 2.05) is 16.8 Å². The molecule has 3 heterocycles. The van der Waals surface area contributed by atoms with Gasteiger partial charge in [-0.2, -0.15) is 11.3 Å². The molecule has 6 aromatic rings. The summed E-state index contributed by atoms with van der Waals surface area (Å²) in [5, 5.41) is 6.32. The van der Waals surface area contributed by atoms with E-state index in [1.54, 1.807) is 12.1 Å². The number of aryl methyl sites for hydroxylation is 1. The number of amides is 1. The number of carbonyl (C=O) groups excluding carboxylic acids is 2. The molecule has 0 fully saturated rings. The molecule has 2 N–H and O–H groups in total. The van der Waals surface area contributed by atoms with Crippen LogP contribution < -0.4 is 21.3 Å². The van der Waals surface area contributed by atoms with Crippen molar-refractivity contribution < 1.29 is 31.5 Å². The van der Waals surface area contributed by atoms with Gasteiger partial charge < -0.3 is 10.1 Å². The summed E-state index contributed by atoms with van der Waals surface area (Å²) in [5.41, 5.74) is 0.0337. The second-order valence-electron chi connectivity index (χ2n) is 11.3. The summed E-state index contributed by atoms with van der Waals surface area (Å²) < 4.78 is 65.5. The number of fused-ring (bicyclic) bond motifs is 1. The highest BCUT2D eigenvalue weighted by atomic mass is 32.2. The Morgan fingerprint density at radius 2 is 1.65 bits per heavy atom. The number of thiophene rings is 1. The van der Waals surface area contributed by atoms with E-state index in [4.69, 9.17) is 4.74 Å². The first-order chi connectivity index (χ1) is 24.4. The number of sulfonamides is 1. The Morgan fingerprint density at radius 1 is 0.961 bits per heavy atom. The molecular weight excluding hydrogens is 705 g/mol. The van der Waals surface area contributed by atoms with E-state index < -0.39 is 62.1 Å². The van der Waals surface area contributed by atoms with Gasteiger partial charge in [-0.3, -0.25) is 23.9 Å². The Morgan fingerprint density at radius 3 is 2.27 bits per heavy atom. The Labute approximate surface area is 292 Å². The van der Waals surface area contributed by atoms with Crippen LogP contribution in [0.4, 0.5) is 14.5 Å². The fraction of sp³-hybridized carbons (Fsp3) is 0.114. The molecule has 260 valence electrons. The van der Waals surface area contributed by atoms with Crippen molar-refractivity contribution >= 4 is 49.8 Å². The smallest absolute Gasteiger partial charge is 0.335 e. The molecule has 0 radical (unpaired) electrons. The topological polar surface area (TPSA) is 158 Å². The minimum Gasteiger partial charge on any atom is -0.467 e. The quantitative estimate of drug-likeness (QED) is 0.196. The molecule has 51 heavy (non-hydrogen) atoms. The number of anilines is 1. The van der Waals surface area contributed by atoms with Crippen LogP contribution in [-0.2, 0) is 33.0 Å². The molecule has 0 aliphatic heterocycles. The van der Waals surface area contributed by atoms with Crippen LogP contribution in [0.2, 0.25) is 0 Å². The van der Waals surface area contributed by atoms with E-state index in [9.17, 15) is 27.6 Å². The van der Waals surface area contributed by atoms with Gasteiger partial charge in [0.15, 0.2) is 0 Å². The van der Waals surface area contributed by atoms with Crippen molar-refractivity contribution in [1.29, 1.82) is 0 Å². The van der Waals surface area contributed by atoms with Crippen molar-refractivity contribution in [2.45, 2.75) is 17.4 Å². The zero-order valence-electron chi connectivity index (χ0n) is 26.8. The summed E-state index contributed by atoms with van der Waals surface area (Å²) in [6.45, 7) is 0. The summed E-state index contributed by atoms with van der Waals surface area (Å²) in [6.07, 6.45) is 2.65. The molecule has 0 aliphatic rings. The Hall–Kier alpha value is -6.00. The van der Waals surface area contributed by atoms with Gasteiger partial charge in [-0.05, 0) is 76.0 Å². The van der Waals surface area contributed by atoms with Gasteiger partial charge in [0.2, 0.25) is 0 Å². The van der Waals surface area contributed by atoms with E-state index in [1.165, 1.54) is 77.8 Å². The summed E-state index contributed by atoms with van der Waals surface area (Å²) >= 11 is 1.49. The zero-order valence-corrected chi connectivity index (χ0v) is 28.4. The Kier molecular flexibility index (Phi) is 9.62. The normalized spacial score (nSPS) is 12.0. The summed E-state index contributed by atoms with van der Waals surface area (Å²) in [6, 6.07) is 15.1. The molecule has 0 aliphatic carbocycles. The van der Waals surface area contributed by atoms with E-state index in [2.05, 4.69) is 15.0 Å². The van der Waals surface area contributed by atoms with Crippen molar-refractivity contribution in [3.63, 3.8) is 0 Å². The molecule has 0 saturated heterocycles. The van der Waals surface area contributed by atoms with Crippen molar-refractivity contribution in [3.8, 4) is 16.8 Å². The number of nitrogens with one attached hydrogen (secondary N) is 2. The van der Waals surface area contributed by atoms with Crippen LogP contribution in [-0.4, -0.2) is 47.6 Å². The maximum absolute atomic E-state index is 15.2. The number of halogens is 2. The number of hydrogen-bond acceptors (Lipinski definition) is 9. The van der Waals surface area contributed by atoms with Gasteiger partial charge in [-0.25, -0.2) is 31.4 Å². The fourth-order valence-electron chi connectivity index (χ4n) is 5.42. The van der Waals surface area contributed by atoms with E-state index in [0.717, 1.165) is 22.8 Å². The highest BCUT2D eigenvalue weighted by molar-refractivity contribution is 7.92. The highest BCUT2D eigenvalue weighted by Gasteiger charge is 2.27. The number of nitrogens with zero attached hydrogens (tertiary/aromatic N) is 3. The van der Waals surface area contributed by atoms with Crippen LogP contribution in [0.1, 0.15) is 15.9 Å². The van der Waals surface area contributed by atoms with Gasteiger partial charge in [0.25, 0.3) is 21.5 Å². The third-order valence-electron chi connectivity index (χ3n) is 8.04. The zero-order chi connectivity index (χ0) is 36.4. The van der Waals surface area contributed by atoms with Gasteiger partial charge >= 0.3 is 11.7 Å². The average molecular weight is 732 g/mol. The maximum Gasteiger partial charge on any atom is 0.335 e. The number of rotatable bonds is 10. The molecule has 3 aromatic carbocycles. The third kappa shape index (κ3) is 7.04. The first-order valence-corrected chi connectivity index (χ1v) is 17.5. The van der Waals surface area contributed by atoms with Crippen LogP contribution in [0.3, 0.4) is 0 Å². The van der Waals surface area contributed by atoms with E-state index >= 15 is 8.78 Å². The Bertz CT molecular complexity index is 2500. The second-order valence-corrected chi connectivity index (χ2v) is 13.7. The van der Waals surface area contributed by atoms with Crippen LogP contribution in [0.25, 0.3) is 27.7 Å². The van der Waals surface area contributed by atoms with Gasteiger partial charge in [-0.1, -0.05) is 24.3 Å². The number of pyridine rings is 1. The molecule has 0 bridgehead atoms. The standard InChI is InChI=1S/C35H27F2N5O7S2/c1-41-30-18-38-13-11-26(30)33(44)42(35(41)46)24-7-3-20(4-8-24)15-29(34(45)49-2)39-32(43)31-27(36)16-23(17-28(31)37)40-51(47,48)25-9-5-21(6-10-25)22-12-14-50-19-22/h3-14,16-19,29,40H,15H2,1-2H3,(H,39,43)/t29-/m0/s1. The van der Waals surface area contributed by atoms with Gasteiger partial charge in [0.1, 0.15) is 23.2 Å². The number of aromatic nitrogens is 3. The minimum absolute atomic E-state index is 0.151. The first-order valence-electron chi connectivity index (χ1n) is 15.1. The molecular formula is C35H27F2N5O7S2. The largest absolute Gasteiger partial charge is 0.467 e. The monoisotopic (exact) mass is 731 g/mol. The summed E-state index contributed by atoms with van der Waals surface area (Å²) in [7, 11) is -1.68. The maximum atomic E-state index is 15.2. The predicted octanol–water partition coefficient (Wildman–Crippen LogP) is 4.41. The summed E-state index contributed by atoms with van der Waals surface area (Å²) in [4.78, 5) is 55.7. The Balaban J connectivity index is 1.19. The molecule has 12 nitrogen and oxygen atoms in total. The van der Waals surface area contributed by atoms with Crippen molar-refractivity contribution in [2.24, 2.45) is 7.05 Å². The molecule has 6 rings (SSSR count). The number of ether oxygens (including phenoxy) is 1. The highest BCUT2D eigenvalue weighted by Crippen LogP contribution is 2.26. The lowest BCUT2D eigenvalue weighted by Gasteiger charge is -2.18. The number of benzene rings is 3. The molecule has 3 aromatic heterocycles. The van der Waals surface area contributed by atoms with Crippen LogP contribution in [0.15, 0.2) is 110 Å². The molecule has 1 atom stereocenters. The van der Waals surface area contributed by atoms with Gasteiger partial charge in [0, 0.05) is 19.7 Å². The number of methoxy groups -OCH3 is 1. The summed E-state index contributed by atoms with van der Waals surface area (Å²) in [5.74, 6) is -4.99. The van der Waals surface area contributed by atoms with Gasteiger partial charge in [0.05, 0.1) is 40.5 Å². The number of esters is 1. The van der Waals surface area contributed by atoms with Crippen molar-refractivity contribution in [1.82, 2.24) is 19.4 Å². The average Bonchev–Trinajstić information content (AvgIpc) is 3.66. The number of hydrogen-bond donors (Lipinski definition) is 2. The lowest BCUT2D eigenvalue weighted by atomic mass is 10.0. The fourth-order valence-corrected chi connectivity index (χ4v) is 7.13. The lowest BCUT2D eigenvalue weighted by Crippen LogP contribution is -2.43. The van der Waals surface area contributed by atoms with Crippen molar-refractivity contribution in [2.75, 3.05) is 11.8 Å². The van der Waals surface area contributed by atoms with Crippen LogP contribution in [0, 0.1) is 11.6 Å². The molecule has 0 unspecified atom stereocenters. The van der Waals surface area contributed by atoms with Crippen molar-refractivity contribution in [3.05, 3.63) is 140 Å². The van der Waals surface area contributed by atoms with Crippen LogP contribution in [0.5, 0.6) is 0 Å². The SMILES string of the molecule is COC(=O)[C@H](Cc1ccc(-n2c(=O)c3ccncc3n(C)c2=O)cc1)NC(=O)c1c(F)cc(NS(=O)(=O)c2ccc(-c3ccsc3)cc2)cc1F. The first kappa shape index (κ1) is 34.8.